The number of nitrogen functional groups attached to an aromatic ring is 1. The molecule has 3 rings (SSSR count). The molecule has 3 heterocycles. The van der Waals surface area contributed by atoms with Crippen molar-refractivity contribution < 1.29 is 0 Å². The number of aromatic nitrogens is 8. The van der Waals surface area contributed by atoms with Crippen LogP contribution in [-0.2, 0) is 7.05 Å². The molecule has 10 nitrogen and oxygen atoms in total. The maximum atomic E-state index is 5.36. The number of hydrogen-bond donors (Lipinski definition) is 2. The average Bonchev–Trinajstić information content (AvgIpc) is 3.10. The predicted molar refractivity (Wildman–Crippen MR) is 69.9 cm³/mol. The van der Waals surface area contributed by atoms with Crippen LogP contribution in [0.4, 0.5) is 5.95 Å². The van der Waals surface area contributed by atoms with Crippen molar-refractivity contribution in [2.24, 2.45) is 12.9 Å². The Balaban J connectivity index is 1.96. The van der Waals surface area contributed by atoms with Crippen LogP contribution < -0.4 is 11.3 Å². The van der Waals surface area contributed by atoms with E-state index in [1.165, 1.54) is 29.1 Å². The van der Waals surface area contributed by atoms with Gasteiger partial charge in [-0.05, 0) is 11.8 Å². The number of hydrazine groups is 1. The molecule has 11 heteroatoms. The standard InChI is InChI=1S/C9H10N10S/c1-18-3-6(2-12-18)20-9-15-7(17-10)14-8(16-9)19-5-11-4-13-19/h2-5H,10H2,1H3,(H,14,15,16,17). The number of nitrogens with one attached hydrogen (secondary N) is 1. The molecule has 0 atom stereocenters. The maximum Gasteiger partial charge on any atom is 0.257 e. The van der Waals surface area contributed by atoms with Gasteiger partial charge in [-0.25, -0.2) is 10.8 Å². The van der Waals surface area contributed by atoms with Gasteiger partial charge in [0, 0.05) is 13.2 Å². The Bertz CT molecular complexity index is 705. The Kier molecular flexibility index (Phi) is 3.26. The van der Waals surface area contributed by atoms with E-state index < -0.39 is 0 Å². The fraction of sp³-hybridized carbons (Fsp3) is 0.111. The molecule has 0 radical (unpaired) electrons. The zero-order valence-electron chi connectivity index (χ0n) is 10.4. The Labute approximate surface area is 117 Å². The van der Waals surface area contributed by atoms with Crippen molar-refractivity contribution in [2.45, 2.75) is 10.1 Å². The molecule has 0 saturated heterocycles. The molecule has 0 aliphatic carbocycles. The molecular weight excluding hydrogens is 280 g/mol. The second kappa shape index (κ2) is 5.22. The summed E-state index contributed by atoms with van der Waals surface area (Å²) in [5.41, 5.74) is 2.40. The molecule has 0 spiro atoms. The molecular formula is C9H10N10S. The van der Waals surface area contributed by atoms with Crippen LogP contribution in [0.15, 0.2) is 35.1 Å². The fourth-order valence-electron chi connectivity index (χ4n) is 1.43. The molecule has 0 bridgehead atoms. The van der Waals surface area contributed by atoms with E-state index >= 15 is 0 Å². The predicted octanol–water partition coefficient (Wildman–Crippen LogP) is -0.377. The molecule has 3 aromatic heterocycles. The summed E-state index contributed by atoms with van der Waals surface area (Å²) < 4.78 is 3.12. The van der Waals surface area contributed by atoms with Gasteiger partial charge in [-0.1, -0.05) is 0 Å². The van der Waals surface area contributed by atoms with Crippen molar-refractivity contribution in [3.8, 4) is 5.95 Å². The van der Waals surface area contributed by atoms with Gasteiger partial charge >= 0.3 is 0 Å². The van der Waals surface area contributed by atoms with Gasteiger partial charge in [0.25, 0.3) is 5.95 Å². The third kappa shape index (κ3) is 2.57. The Morgan fingerprint density at radius 2 is 2.15 bits per heavy atom. The highest BCUT2D eigenvalue weighted by molar-refractivity contribution is 7.99. The lowest BCUT2D eigenvalue weighted by atomic mass is 10.7. The highest BCUT2D eigenvalue weighted by Crippen LogP contribution is 2.24. The number of nitrogens with two attached hydrogens (primary N) is 1. The quantitative estimate of drug-likeness (QED) is 0.488. The number of hydrogen-bond acceptors (Lipinski definition) is 9. The van der Waals surface area contributed by atoms with E-state index in [0.717, 1.165) is 4.90 Å². The number of anilines is 1. The lowest BCUT2D eigenvalue weighted by molar-refractivity contribution is 0.759. The second-order valence-electron chi connectivity index (χ2n) is 3.68. The molecule has 20 heavy (non-hydrogen) atoms. The molecule has 0 aliphatic rings. The summed E-state index contributed by atoms with van der Waals surface area (Å²) in [6.07, 6.45) is 6.47. The fourth-order valence-corrected chi connectivity index (χ4v) is 2.20. The monoisotopic (exact) mass is 290 g/mol. The van der Waals surface area contributed by atoms with Crippen molar-refractivity contribution in [1.29, 1.82) is 0 Å². The van der Waals surface area contributed by atoms with Gasteiger partial charge in [-0.15, -0.1) is 0 Å². The number of nitrogens with zero attached hydrogens (tertiary/aromatic N) is 8. The third-order valence-corrected chi connectivity index (χ3v) is 3.06. The zero-order valence-corrected chi connectivity index (χ0v) is 11.2. The van der Waals surface area contributed by atoms with Gasteiger partial charge in [-0.2, -0.15) is 29.8 Å². The van der Waals surface area contributed by atoms with Gasteiger partial charge in [0.2, 0.25) is 5.95 Å². The van der Waals surface area contributed by atoms with Crippen LogP contribution >= 0.6 is 11.8 Å². The second-order valence-corrected chi connectivity index (χ2v) is 4.72. The normalized spacial score (nSPS) is 10.7. The number of rotatable bonds is 4. The summed E-state index contributed by atoms with van der Waals surface area (Å²) in [5, 5.41) is 8.54. The van der Waals surface area contributed by atoms with E-state index in [1.807, 2.05) is 13.2 Å². The first-order valence-corrected chi connectivity index (χ1v) is 6.30. The van der Waals surface area contributed by atoms with Gasteiger partial charge in [-0.3, -0.25) is 10.1 Å². The van der Waals surface area contributed by atoms with Crippen molar-refractivity contribution in [2.75, 3.05) is 5.43 Å². The van der Waals surface area contributed by atoms with Crippen LogP contribution in [0.3, 0.4) is 0 Å². The first-order valence-electron chi connectivity index (χ1n) is 5.49. The largest absolute Gasteiger partial charge is 0.292 e. The summed E-state index contributed by atoms with van der Waals surface area (Å²) in [6, 6.07) is 0. The van der Waals surface area contributed by atoms with E-state index in [4.69, 9.17) is 5.84 Å². The molecule has 0 amide bonds. The molecule has 0 aromatic carbocycles. The lowest BCUT2D eigenvalue weighted by Gasteiger charge is -2.04. The summed E-state index contributed by atoms with van der Waals surface area (Å²) >= 11 is 1.35. The molecule has 0 fully saturated rings. The third-order valence-electron chi connectivity index (χ3n) is 2.25. The Morgan fingerprint density at radius 1 is 1.25 bits per heavy atom. The van der Waals surface area contributed by atoms with Gasteiger partial charge in [0.1, 0.15) is 12.7 Å². The summed E-state index contributed by atoms with van der Waals surface area (Å²) in [4.78, 5) is 17.3. The van der Waals surface area contributed by atoms with Gasteiger partial charge in [0.15, 0.2) is 5.16 Å². The van der Waals surface area contributed by atoms with Crippen LogP contribution in [0.5, 0.6) is 0 Å². The average molecular weight is 290 g/mol. The van der Waals surface area contributed by atoms with E-state index in [2.05, 4.69) is 35.6 Å². The lowest BCUT2D eigenvalue weighted by Crippen LogP contribution is -2.14. The molecule has 0 saturated carbocycles. The van der Waals surface area contributed by atoms with Crippen molar-refractivity contribution in [1.82, 2.24) is 39.5 Å². The Morgan fingerprint density at radius 3 is 2.80 bits per heavy atom. The van der Waals surface area contributed by atoms with Crippen molar-refractivity contribution >= 4 is 17.7 Å². The Hall–Kier alpha value is -2.53. The maximum absolute atomic E-state index is 5.36. The van der Waals surface area contributed by atoms with Crippen LogP contribution in [0.2, 0.25) is 0 Å². The first-order chi connectivity index (χ1) is 9.74. The molecule has 0 unspecified atom stereocenters. The smallest absolute Gasteiger partial charge is 0.257 e. The zero-order chi connectivity index (χ0) is 13.9. The molecule has 3 aromatic rings. The molecule has 3 N–H and O–H groups in total. The summed E-state index contributed by atoms with van der Waals surface area (Å²) in [5.74, 6) is 5.94. The molecule has 102 valence electrons. The number of aryl methyl sites for hydroxylation is 1. The van der Waals surface area contributed by atoms with Crippen LogP contribution in [0, 0.1) is 0 Å². The van der Waals surface area contributed by atoms with Crippen molar-refractivity contribution in [3.63, 3.8) is 0 Å². The first kappa shape index (κ1) is 12.5. The van der Waals surface area contributed by atoms with E-state index in [9.17, 15) is 0 Å². The van der Waals surface area contributed by atoms with E-state index in [0.29, 0.717) is 11.1 Å². The van der Waals surface area contributed by atoms with E-state index in [1.54, 1.807) is 10.9 Å². The van der Waals surface area contributed by atoms with Crippen LogP contribution in [0.1, 0.15) is 0 Å². The van der Waals surface area contributed by atoms with E-state index in [-0.39, 0.29) is 5.95 Å². The van der Waals surface area contributed by atoms with Gasteiger partial charge < -0.3 is 0 Å². The SMILES string of the molecule is Cn1cc(Sc2nc(NN)nc(-n3cncn3)n2)cn1. The van der Waals surface area contributed by atoms with Gasteiger partial charge in [0.05, 0.1) is 11.1 Å². The minimum atomic E-state index is 0.247. The highest BCUT2D eigenvalue weighted by atomic mass is 32.2. The van der Waals surface area contributed by atoms with Crippen LogP contribution in [0.25, 0.3) is 5.95 Å². The topological polar surface area (TPSA) is 125 Å². The van der Waals surface area contributed by atoms with Crippen LogP contribution in [-0.4, -0.2) is 39.5 Å². The highest BCUT2D eigenvalue weighted by Gasteiger charge is 2.10. The minimum absolute atomic E-state index is 0.247. The van der Waals surface area contributed by atoms with Crippen molar-refractivity contribution in [3.05, 3.63) is 25.0 Å². The summed E-state index contributed by atoms with van der Waals surface area (Å²) in [7, 11) is 1.84. The minimum Gasteiger partial charge on any atom is -0.292 e. The summed E-state index contributed by atoms with van der Waals surface area (Å²) in [6.45, 7) is 0. The molecule has 0 aliphatic heterocycles.